The standard InChI is InChI=1S/C23H24ClF4N3O2/c1-13(29)17-10-18(22(32)33-2)20(25)11-21(17)30-16-5-7-31(8-6-16)12-14-9-15(24)3-4-19(14)23(26,27)28/h3-4,9-11,16,29-30H,5-8,12H2,1-2H3. The number of piperidine rings is 1. The van der Waals surface area contributed by atoms with E-state index >= 15 is 0 Å². The number of carbonyl (C=O) groups excluding carboxylic acids is 1. The van der Waals surface area contributed by atoms with Crippen LogP contribution in [0.2, 0.25) is 5.02 Å². The van der Waals surface area contributed by atoms with Gasteiger partial charge in [0.15, 0.2) is 0 Å². The Labute approximate surface area is 194 Å². The zero-order chi connectivity index (χ0) is 24.3. The van der Waals surface area contributed by atoms with Crippen LogP contribution in [-0.4, -0.2) is 42.8 Å². The molecule has 0 unspecified atom stereocenters. The van der Waals surface area contributed by atoms with Gasteiger partial charge in [0.25, 0.3) is 0 Å². The van der Waals surface area contributed by atoms with Crippen LogP contribution in [0.15, 0.2) is 30.3 Å². The van der Waals surface area contributed by atoms with Crippen molar-refractivity contribution in [2.45, 2.75) is 38.5 Å². The number of ether oxygens (including phenoxy) is 1. The molecule has 0 aliphatic carbocycles. The highest BCUT2D eigenvalue weighted by molar-refractivity contribution is 6.30. The van der Waals surface area contributed by atoms with Crippen molar-refractivity contribution < 1.29 is 27.1 Å². The third-order valence-electron chi connectivity index (χ3n) is 5.63. The number of hydrogen-bond acceptors (Lipinski definition) is 5. The molecule has 0 atom stereocenters. The lowest BCUT2D eigenvalue weighted by Crippen LogP contribution is -2.39. The molecule has 1 fully saturated rings. The lowest BCUT2D eigenvalue weighted by atomic mass is 9.99. The van der Waals surface area contributed by atoms with Crippen molar-refractivity contribution >= 4 is 29.0 Å². The van der Waals surface area contributed by atoms with Gasteiger partial charge in [0.1, 0.15) is 5.82 Å². The number of methoxy groups -OCH3 is 1. The van der Waals surface area contributed by atoms with Crippen LogP contribution in [-0.2, 0) is 17.5 Å². The molecule has 1 saturated heterocycles. The number of halogens is 5. The largest absolute Gasteiger partial charge is 0.465 e. The van der Waals surface area contributed by atoms with Gasteiger partial charge in [-0.3, -0.25) is 4.90 Å². The summed E-state index contributed by atoms with van der Waals surface area (Å²) in [4.78, 5) is 13.7. The van der Waals surface area contributed by atoms with E-state index in [-0.39, 0.29) is 34.4 Å². The highest BCUT2D eigenvalue weighted by Gasteiger charge is 2.34. The Morgan fingerprint density at radius 1 is 1.21 bits per heavy atom. The van der Waals surface area contributed by atoms with Crippen LogP contribution in [0.4, 0.5) is 23.2 Å². The van der Waals surface area contributed by atoms with Crippen LogP contribution in [0.3, 0.4) is 0 Å². The Bertz CT molecular complexity index is 1050. The number of carbonyl (C=O) groups is 1. The summed E-state index contributed by atoms with van der Waals surface area (Å²) < 4.78 is 59.0. The fourth-order valence-electron chi connectivity index (χ4n) is 3.94. The fraction of sp³-hybridized carbons (Fsp3) is 0.391. The first-order valence-corrected chi connectivity index (χ1v) is 10.7. The Kier molecular flexibility index (Phi) is 7.64. The molecule has 1 aliphatic rings. The maximum absolute atomic E-state index is 14.4. The van der Waals surface area contributed by atoms with E-state index < -0.39 is 23.5 Å². The summed E-state index contributed by atoms with van der Waals surface area (Å²) >= 11 is 5.92. The molecule has 2 aromatic rings. The molecule has 178 valence electrons. The number of nitrogens with one attached hydrogen (secondary N) is 2. The van der Waals surface area contributed by atoms with E-state index in [4.69, 9.17) is 17.0 Å². The molecule has 0 aromatic heterocycles. The van der Waals surface area contributed by atoms with Crippen molar-refractivity contribution in [3.8, 4) is 0 Å². The van der Waals surface area contributed by atoms with Gasteiger partial charge in [-0.2, -0.15) is 13.2 Å². The minimum absolute atomic E-state index is 0.0656. The van der Waals surface area contributed by atoms with Crippen molar-refractivity contribution in [2.75, 3.05) is 25.5 Å². The van der Waals surface area contributed by atoms with Gasteiger partial charge in [-0.25, -0.2) is 9.18 Å². The average molecular weight is 486 g/mol. The summed E-state index contributed by atoms with van der Waals surface area (Å²) in [5, 5.41) is 11.5. The summed E-state index contributed by atoms with van der Waals surface area (Å²) in [7, 11) is 1.15. The molecule has 0 amide bonds. The number of anilines is 1. The molecule has 1 heterocycles. The number of esters is 1. The van der Waals surface area contributed by atoms with E-state index in [9.17, 15) is 22.4 Å². The summed E-state index contributed by atoms with van der Waals surface area (Å²) in [5.74, 6) is -1.58. The average Bonchev–Trinajstić information content (AvgIpc) is 2.73. The van der Waals surface area contributed by atoms with Crippen LogP contribution in [0.1, 0.15) is 46.8 Å². The monoisotopic (exact) mass is 485 g/mol. The number of alkyl halides is 3. The highest BCUT2D eigenvalue weighted by Crippen LogP contribution is 2.34. The van der Waals surface area contributed by atoms with E-state index in [0.717, 1.165) is 13.2 Å². The second-order valence-electron chi connectivity index (χ2n) is 7.99. The number of hydrogen-bond donors (Lipinski definition) is 2. The van der Waals surface area contributed by atoms with Gasteiger partial charge in [-0.15, -0.1) is 0 Å². The quantitative estimate of drug-likeness (QED) is 0.311. The van der Waals surface area contributed by atoms with Gasteiger partial charge in [0, 0.05) is 47.7 Å². The van der Waals surface area contributed by atoms with Gasteiger partial charge in [0.2, 0.25) is 0 Å². The van der Waals surface area contributed by atoms with E-state index in [0.29, 0.717) is 37.2 Å². The topological polar surface area (TPSA) is 65.4 Å². The predicted octanol–water partition coefficient (Wildman–Crippen LogP) is 5.75. The second kappa shape index (κ2) is 10.1. The normalized spacial score (nSPS) is 15.4. The maximum atomic E-state index is 14.4. The van der Waals surface area contributed by atoms with Crippen LogP contribution >= 0.6 is 11.6 Å². The second-order valence-corrected chi connectivity index (χ2v) is 8.42. The number of likely N-dealkylation sites (tertiary alicyclic amines) is 1. The molecular formula is C23H24ClF4N3O2. The first kappa shape index (κ1) is 25.0. The van der Waals surface area contributed by atoms with Crippen LogP contribution in [0.5, 0.6) is 0 Å². The van der Waals surface area contributed by atoms with E-state index in [2.05, 4.69) is 10.1 Å². The SMILES string of the molecule is COC(=O)c1cc(C(C)=N)c(NC2CCN(Cc3cc(Cl)ccc3C(F)(F)F)CC2)cc1F. The zero-order valence-electron chi connectivity index (χ0n) is 18.2. The summed E-state index contributed by atoms with van der Waals surface area (Å²) in [5.41, 5.74) is 0.110. The van der Waals surface area contributed by atoms with Gasteiger partial charge >= 0.3 is 12.1 Å². The first-order chi connectivity index (χ1) is 15.5. The first-order valence-electron chi connectivity index (χ1n) is 10.3. The third kappa shape index (κ3) is 6.03. The molecule has 0 spiro atoms. The van der Waals surface area contributed by atoms with Crippen molar-refractivity contribution in [3.05, 3.63) is 63.4 Å². The smallest absolute Gasteiger partial charge is 0.416 e. The Morgan fingerprint density at radius 3 is 2.45 bits per heavy atom. The van der Waals surface area contributed by atoms with Crippen LogP contribution < -0.4 is 5.32 Å². The van der Waals surface area contributed by atoms with Crippen molar-refractivity contribution in [3.63, 3.8) is 0 Å². The minimum atomic E-state index is -4.46. The fourth-order valence-corrected chi connectivity index (χ4v) is 4.13. The number of rotatable bonds is 6. The van der Waals surface area contributed by atoms with Crippen LogP contribution in [0.25, 0.3) is 0 Å². The summed E-state index contributed by atoms with van der Waals surface area (Å²) in [6.45, 7) is 2.72. The van der Waals surface area contributed by atoms with Gasteiger partial charge < -0.3 is 15.5 Å². The van der Waals surface area contributed by atoms with E-state index in [1.54, 1.807) is 0 Å². The Hall–Kier alpha value is -2.65. The van der Waals surface area contributed by atoms with E-state index in [1.165, 1.54) is 31.2 Å². The maximum Gasteiger partial charge on any atom is 0.416 e. The molecular weight excluding hydrogens is 462 g/mol. The molecule has 10 heteroatoms. The summed E-state index contributed by atoms with van der Waals surface area (Å²) in [6, 6.07) is 5.98. The number of benzene rings is 2. The van der Waals surface area contributed by atoms with Crippen molar-refractivity contribution in [1.29, 1.82) is 5.41 Å². The molecule has 0 saturated carbocycles. The molecule has 3 rings (SSSR count). The van der Waals surface area contributed by atoms with Crippen molar-refractivity contribution in [2.24, 2.45) is 0 Å². The van der Waals surface area contributed by atoms with Crippen LogP contribution in [0, 0.1) is 11.2 Å². The predicted molar refractivity (Wildman–Crippen MR) is 119 cm³/mol. The molecule has 2 N–H and O–H groups in total. The van der Waals surface area contributed by atoms with Crippen molar-refractivity contribution in [1.82, 2.24) is 4.90 Å². The van der Waals surface area contributed by atoms with Gasteiger partial charge in [-0.05, 0) is 55.7 Å². The zero-order valence-corrected chi connectivity index (χ0v) is 18.9. The highest BCUT2D eigenvalue weighted by atomic mass is 35.5. The molecule has 5 nitrogen and oxygen atoms in total. The molecule has 0 bridgehead atoms. The molecule has 33 heavy (non-hydrogen) atoms. The molecule has 1 aliphatic heterocycles. The summed E-state index contributed by atoms with van der Waals surface area (Å²) in [6.07, 6.45) is -3.24. The minimum Gasteiger partial charge on any atom is -0.465 e. The number of nitrogens with zero attached hydrogens (tertiary/aromatic N) is 1. The van der Waals surface area contributed by atoms with Gasteiger partial charge in [0.05, 0.1) is 18.2 Å². The molecule has 0 radical (unpaired) electrons. The lowest BCUT2D eigenvalue weighted by molar-refractivity contribution is -0.138. The Morgan fingerprint density at radius 2 is 1.88 bits per heavy atom. The van der Waals surface area contributed by atoms with Gasteiger partial charge in [-0.1, -0.05) is 11.6 Å². The van der Waals surface area contributed by atoms with E-state index in [1.807, 2.05) is 4.90 Å². The third-order valence-corrected chi connectivity index (χ3v) is 5.87. The Balaban J connectivity index is 1.69. The molecule has 2 aromatic carbocycles. The lowest BCUT2D eigenvalue weighted by Gasteiger charge is -2.33.